The van der Waals surface area contributed by atoms with Crippen LogP contribution in [0.2, 0.25) is 0 Å². The van der Waals surface area contributed by atoms with Crippen LogP contribution in [0.3, 0.4) is 0 Å². The minimum atomic E-state index is -3.36. The molecular formula is C14H12N4O2S. The number of sulfone groups is 1. The van der Waals surface area contributed by atoms with Gasteiger partial charge in [-0.15, -0.1) is 0 Å². The van der Waals surface area contributed by atoms with Crippen LogP contribution >= 0.6 is 0 Å². The Morgan fingerprint density at radius 2 is 1.57 bits per heavy atom. The zero-order chi connectivity index (χ0) is 16.0. The number of nitrogens with zero attached hydrogens (tertiary/aromatic N) is 3. The summed E-state index contributed by atoms with van der Waals surface area (Å²) in [5.41, 5.74) is -0.104. The van der Waals surface area contributed by atoms with E-state index in [1.54, 1.807) is 32.1 Å². The molecule has 0 aliphatic carbocycles. The molecule has 0 heterocycles. The fourth-order valence-corrected chi connectivity index (χ4v) is 2.49. The molecule has 21 heavy (non-hydrogen) atoms. The van der Waals surface area contributed by atoms with Gasteiger partial charge in [0.25, 0.3) is 0 Å². The molecule has 0 atom stereocenters. The molecule has 1 N–H and O–H groups in total. The van der Waals surface area contributed by atoms with Gasteiger partial charge in [0.2, 0.25) is 0 Å². The van der Waals surface area contributed by atoms with Crippen molar-refractivity contribution < 1.29 is 8.42 Å². The molecule has 0 saturated heterocycles. The summed E-state index contributed by atoms with van der Waals surface area (Å²) >= 11 is 0. The summed E-state index contributed by atoms with van der Waals surface area (Å²) in [7, 11) is -3.36. The molecule has 0 saturated carbocycles. The number of hydrogen-bond acceptors (Lipinski definition) is 6. The van der Waals surface area contributed by atoms with Crippen LogP contribution in [0.4, 0.5) is 5.69 Å². The van der Waals surface area contributed by atoms with E-state index in [4.69, 9.17) is 15.8 Å². The van der Waals surface area contributed by atoms with Crippen LogP contribution in [-0.2, 0) is 9.84 Å². The summed E-state index contributed by atoms with van der Waals surface area (Å²) in [5, 5.41) is 28.4. The Hall–Kier alpha value is -2.82. The van der Waals surface area contributed by atoms with Crippen LogP contribution in [0.25, 0.3) is 0 Å². The Labute approximate surface area is 123 Å². The van der Waals surface area contributed by atoms with E-state index in [0.29, 0.717) is 5.69 Å². The first-order valence-electron chi connectivity index (χ1n) is 5.92. The maximum Gasteiger partial charge on any atom is 0.180 e. The number of hydrogen-bond donors (Lipinski definition) is 1. The van der Waals surface area contributed by atoms with Gasteiger partial charge in [0.15, 0.2) is 15.4 Å². The Kier molecular flexibility index (Phi) is 5.07. The van der Waals surface area contributed by atoms with E-state index < -0.39 is 15.1 Å². The van der Waals surface area contributed by atoms with Gasteiger partial charge in [0.05, 0.1) is 10.1 Å². The quantitative estimate of drug-likeness (QED) is 0.851. The van der Waals surface area contributed by atoms with Crippen molar-refractivity contribution in [2.75, 3.05) is 5.32 Å². The van der Waals surface area contributed by atoms with Gasteiger partial charge in [0, 0.05) is 5.69 Å². The summed E-state index contributed by atoms with van der Waals surface area (Å²) in [6, 6.07) is 10.7. The lowest BCUT2D eigenvalue weighted by Gasteiger charge is -2.09. The molecule has 0 radical (unpaired) electrons. The maximum atomic E-state index is 12.0. The molecule has 0 aromatic heterocycles. The lowest BCUT2D eigenvalue weighted by molar-refractivity contribution is 0.587. The molecule has 0 bridgehead atoms. The Balaban J connectivity index is 3.12. The molecule has 1 rings (SSSR count). The number of benzene rings is 1. The first-order valence-corrected chi connectivity index (χ1v) is 7.47. The fraction of sp³-hybridized carbons (Fsp3) is 0.214. The Morgan fingerprint density at radius 3 is 1.95 bits per heavy atom. The predicted octanol–water partition coefficient (Wildman–Crippen LogP) is 2.11. The molecule has 0 spiro atoms. The molecule has 1 aromatic rings. The van der Waals surface area contributed by atoms with Gasteiger partial charge in [-0.3, -0.25) is 0 Å². The zero-order valence-corrected chi connectivity index (χ0v) is 12.3. The molecule has 1 aromatic carbocycles. The average Bonchev–Trinajstić information content (AvgIpc) is 2.47. The van der Waals surface area contributed by atoms with Crippen LogP contribution < -0.4 is 5.32 Å². The van der Waals surface area contributed by atoms with E-state index in [9.17, 15) is 8.42 Å². The fourth-order valence-electron chi connectivity index (χ4n) is 1.43. The van der Waals surface area contributed by atoms with Gasteiger partial charge >= 0.3 is 0 Å². The molecule has 0 aliphatic rings. The molecule has 0 fully saturated rings. The van der Waals surface area contributed by atoms with Crippen molar-refractivity contribution in [2.24, 2.45) is 0 Å². The normalized spacial score (nSPS) is 10.1. The molecular weight excluding hydrogens is 288 g/mol. The smallest absolute Gasteiger partial charge is 0.180 e. The second-order valence-electron chi connectivity index (χ2n) is 4.33. The Bertz CT molecular complexity index is 769. The highest BCUT2D eigenvalue weighted by Crippen LogP contribution is 2.19. The van der Waals surface area contributed by atoms with E-state index in [2.05, 4.69) is 5.32 Å². The average molecular weight is 300 g/mol. The zero-order valence-electron chi connectivity index (χ0n) is 11.5. The van der Waals surface area contributed by atoms with Crippen LogP contribution in [0, 0.1) is 34.0 Å². The summed E-state index contributed by atoms with van der Waals surface area (Å²) in [4.78, 5) is 0.173. The maximum absolute atomic E-state index is 12.0. The lowest BCUT2D eigenvalue weighted by atomic mass is 10.2. The van der Waals surface area contributed by atoms with E-state index >= 15 is 0 Å². The van der Waals surface area contributed by atoms with E-state index in [-0.39, 0.29) is 16.2 Å². The summed E-state index contributed by atoms with van der Waals surface area (Å²) in [5.74, 6) is 0. The second-order valence-corrected chi connectivity index (χ2v) is 6.83. The van der Waals surface area contributed by atoms with Gasteiger partial charge in [0.1, 0.15) is 23.9 Å². The second kappa shape index (κ2) is 6.56. The largest absolute Gasteiger partial charge is 0.345 e. The van der Waals surface area contributed by atoms with Crippen molar-refractivity contribution in [1.82, 2.24) is 0 Å². The number of rotatable bonds is 4. The first-order chi connectivity index (χ1) is 9.86. The van der Waals surface area contributed by atoms with Crippen molar-refractivity contribution in [3.63, 3.8) is 0 Å². The van der Waals surface area contributed by atoms with Crippen molar-refractivity contribution in [3.05, 3.63) is 35.5 Å². The van der Waals surface area contributed by atoms with Gasteiger partial charge < -0.3 is 5.32 Å². The summed E-state index contributed by atoms with van der Waals surface area (Å²) < 4.78 is 23.9. The van der Waals surface area contributed by atoms with Crippen molar-refractivity contribution in [1.29, 1.82) is 15.8 Å². The summed E-state index contributed by atoms with van der Waals surface area (Å²) in [6.45, 7) is 3.17. The summed E-state index contributed by atoms with van der Waals surface area (Å²) in [6.07, 6.45) is 0. The highest BCUT2D eigenvalue weighted by molar-refractivity contribution is 7.92. The van der Waals surface area contributed by atoms with Gasteiger partial charge in [-0.25, -0.2) is 8.42 Å². The van der Waals surface area contributed by atoms with Crippen LogP contribution in [0.15, 0.2) is 40.4 Å². The minimum absolute atomic E-state index is 0.173. The highest BCUT2D eigenvalue weighted by atomic mass is 32.2. The molecule has 7 heteroatoms. The molecule has 106 valence electrons. The van der Waals surface area contributed by atoms with Gasteiger partial charge in [-0.05, 0) is 38.1 Å². The number of nitrogens with one attached hydrogen (secondary N) is 1. The first kappa shape index (κ1) is 16.2. The number of allylic oxidation sites excluding steroid dienone is 2. The van der Waals surface area contributed by atoms with Crippen molar-refractivity contribution in [3.8, 4) is 18.2 Å². The molecule has 6 nitrogen and oxygen atoms in total. The van der Waals surface area contributed by atoms with E-state index in [0.717, 1.165) is 0 Å². The molecule has 0 amide bonds. The van der Waals surface area contributed by atoms with Crippen molar-refractivity contribution in [2.45, 2.75) is 24.0 Å². The third kappa shape index (κ3) is 3.60. The minimum Gasteiger partial charge on any atom is -0.345 e. The number of nitriles is 3. The van der Waals surface area contributed by atoms with Gasteiger partial charge in [-0.2, -0.15) is 15.8 Å². The van der Waals surface area contributed by atoms with Crippen LogP contribution in [-0.4, -0.2) is 13.7 Å². The van der Waals surface area contributed by atoms with Crippen molar-refractivity contribution >= 4 is 15.5 Å². The third-order valence-corrected chi connectivity index (χ3v) is 4.83. The van der Waals surface area contributed by atoms with E-state index in [1.807, 2.05) is 0 Å². The van der Waals surface area contributed by atoms with Crippen LogP contribution in [0.5, 0.6) is 0 Å². The Morgan fingerprint density at radius 1 is 1.05 bits per heavy atom. The topological polar surface area (TPSA) is 118 Å². The van der Waals surface area contributed by atoms with E-state index in [1.165, 1.54) is 24.3 Å². The van der Waals surface area contributed by atoms with Crippen LogP contribution in [0.1, 0.15) is 13.8 Å². The molecule has 0 unspecified atom stereocenters. The molecule has 0 aliphatic heterocycles. The SMILES string of the molecule is CC(C)S(=O)(=O)c1ccc(NC(C#N)=C(C#N)C#N)cc1. The lowest BCUT2D eigenvalue weighted by Crippen LogP contribution is -2.13. The third-order valence-electron chi connectivity index (χ3n) is 2.66. The standard InChI is InChI=1S/C14H12N4O2S/c1-10(2)21(19,20)13-5-3-12(4-6-13)18-14(9-17)11(7-15)8-16/h3-6,10,18H,1-2H3. The highest BCUT2D eigenvalue weighted by Gasteiger charge is 2.18. The number of anilines is 1. The van der Waals surface area contributed by atoms with Gasteiger partial charge in [-0.1, -0.05) is 0 Å². The monoisotopic (exact) mass is 300 g/mol. The predicted molar refractivity (Wildman–Crippen MR) is 76.3 cm³/mol.